The number of carboxylic acid groups (broad SMARTS) is 1. The fraction of sp³-hybridized carbons (Fsp3) is 0.174. The molecule has 172 valence electrons. The van der Waals surface area contributed by atoms with Gasteiger partial charge in [0.25, 0.3) is 0 Å². The standard InChI is InChI=1S/C12H9FN2O2.C11H10F3N2/c1-7-10(12(16)17)6-14-11(15-7)8-3-2-4-9(13)5-8;1-2-7-6-16(15)10-4-3-8(5-9(7)10)11(12,13)14/h2-6H,1H3,(H,16,17);3-6,15H,2H2,1H3/q;-1. The number of aromatic nitrogens is 3. The van der Waals surface area contributed by atoms with Crippen molar-refractivity contribution in [1.82, 2.24) is 14.6 Å². The Bertz CT molecular complexity index is 1320. The molecule has 0 aliphatic heterocycles. The molecule has 6 nitrogen and oxygen atoms in total. The molecule has 2 aromatic heterocycles. The van der Waals surface area contributed by atoms with Gasteiger partial charge in [-0.25, -0.2) is 19.2 Å². The van der Waals surface area contributed by atoms with Gasteiger partial charge in [0.15, 0.2) is 5.82 Å². The summed E-state index contributed by atoms with van der Waals surface area (Å²) in [5.74, 6) is 6.40. The molecule has 4 rings (SSSR count). The zero-order valence-electron chi connectivity index (χ0n) is 17.6. The van der Waals surface area contributed by atoms with E-state index in [9.17, 15) is 22.4 Å². The van der Waals surface area contributed by atoms with Crippen molar-refractivity contribution in [3.8, 4) is 11.4 Å². The molecule has 33 heavy (non-hydrogen) atoms. The Hall–Kier alpha value is -3.95. The molecule has 0 radical (unpaired) electrons. The number of halogens is 4. The van der Waals surface area contributed by atoms with Crippen LogP contribution in [-0.2, 0) is 12.6 Å². The number of nitrogens with zero attached hydrogens (tertiary/aromatic N) is 3. The number of hydrogen-bond donors (Lipinski definition) is 1. The van der Waals surface area contributed by atoms with Gasteiger partial charge >= 0.3 is 12.1 Å². The van der Waals surface area contributed by atoms with Crippen molar-refractivity contribution in [3.63, 3.8) is 0 Å². The first kappa shape index (κ1) is 23.7. The number of rotatable bonds is 3. The number of carboxylic acids is 1. The monoisotopic (exact) mass is 459 g/mol. The van der Waals surface area contributed by atoms with Gasteiger partial charge in [0.1, 0.15) is 5.82 Å². The Kier molecular flexibility index (Phi) is 6.66. The number of hydrogen-bond acceptors (Lipinski definition) is 3. The molecule has 0 aliphatic rings. The lowest BCUT2D eigenvalue weighted by molar-refractivity contribution is -0.137. The molecule has 0 unspecified atom stereocenters. The molecule has 0 bridgehead atoms. The molecule has 2 aromatic carbocycles. The van der Waals surface area contributed by atoms with Crippen molar-refractivity contribution in [3.05, 3.63) is 88.9 Å². The Morgan fingerprint density at radius 2 is 1.91 bits per heavy atom. The largest absolute Gasteiger partial charge is 0.631 e. The summed E-state index contributed by atoms with van der Waals surface area (Å²) in [6.07, 6.45) is -0.942. The van der Waals surface area contributed by atoms with E-state index in [2.05, 4.69) is 9.97 Å². The van der Waals surface area contributed by atoms with Crippen LogP contribution in [0.1, 0.15) is 34.1 Å². The van der Waals surface area contributed by atoms with E-state index >= 15 is 0 Å². The van der Waals surface area contributed by atoms with E-state index in [0.717, 1.165) is 22.4 Å². The number of alkyl halides is 3. The van der Waals surface area contributed by atoms with Gasteiger partial charge in [-0.1, -0.05) is 19.1 Å². The number of aromatic carboxylic acids is 1. The van der Waals surface area contributed by atoms with Crippen molar-refractivity contribution in [2.24, 2.45) is 0 Å². The molecule has 0 fully saturated rings. The van der Waals surface area contributed by atoms with Crippen LogP contribution in [0.3, 0.4) is 0 Å². The molecule has 0 aliphatic carbocycles. The number of benzene rings is 2. The molecule has 0 saturated carbocycles. The smallest absolute Gasteiger partial charge is 0.416 e. The number of carbonyl (C=O) groups is 1. The van der Waals surface area contributed by atoms with Crippen LogP contribution in [0.4, 0.5) is 17.6 Å². The van der Waals surface area contributed by atoms with Crippen molar-refractivity contribution < 1.29 is 27.5 Å². The fourth-order valence-electron chi connectivity index (χ4n) is 3.20. The summed E-state index contributed by atoms with van der Waals surface area (Å²) in [4.78, 5) is 18.7. The minimum absolute atomic E-state index is 0.0464. The second-order valence-electron chi connectivity index (χ2n) is 7.12. The van der Waals surface area contributed by atoms with Gasteiger partial charge in [-0.2, -0.15) is 13.2 Å². The second kappa shape index (κ2) is 9.27. The Balaban J connectivity index is 0.000000186. The number of nitrogens with one attached hydrogen (secondary N) is 1. The zero-order valence-corrected chi connectivity index (χ0v) is 17.6. The molecule has 0 saturated heterocycles. The highest BCUT2D eigenvalue weighted by atomic mass is 19.4. The van der Waals surface area contributed by atoms with Gasteiger partial charge in [0.2, 0.25) is 0 Å². The lowest BCUT2D eigenvalue weighted by Gasteiger charge is -2.09. The summed E-state index contributed by atoms with van der Waals surface area (Å²) >= 11 is 0. The lowest BCUT2D eigenvalue weighted by Crippen LogP contribution is -2.04. The maximum absolute atomic E-state index is 13.0. The van der Waals surface area contributed by atoms with Crippen LogP contribution in [0.25, 0.3) is 28.1 Å². The van der Waals surface area contributed by atoms with Gasteiger partial charge < -0.3 is 15.6 Å². The van der Waals surface area contributed by atoms with Gasteiger partial charge in [0.05, 0.1) is 16.8 Å². The molecule has 0 atom stereocenters. The highest BCUT2D eigenvalue weighted by Crippen LogP contribution is 2.33. The van der Waals surface area contributed by atoms with E-state index in [-0.39, 0.29) is 11.4 Å². The third kappa shape index (κ3) is 5.28. The average molecular weight is 459 g/mol. The average Bonchev–Trinajstić information content (AvgIpc) is 3.08. The van der Waals surface area contributed by atoms with Gasteiger partial charge in [0, 0.05) is 22.7 Å². The second-order valence-corrected chi connectivity index (χ2v) is 7.12. The van der Waals surface area contributed by atoms with Crippen LogP contribution in [0.15, 0.2) is 54.9 Å². The Labute approximate surface area is 186 Å². The summed E-state index contributed by atoms with van der Waals surface area (Å²) in [5.41, 5.74) is 1.52. The molecule has 2 heterocycles. The fourth-order valence-corrected chi connectivity index (χ4v) is 3.20. The minimum atomic E-state index is -4.33. The molecule has 4 aromatic rings. The lowest BCUT2D eigenvalue weighted by atomic mass is 10.1. The first-order chi connectivity index (χ1) is 15.5. The van der Waals surface area contributed by atoms with E-state index in [1.165, 1.54) is 24.4 Å². The highest BCUT2D eigenvalue weighted by Gasteiger charge is 2.30. The molecule has 10 heteroatoms. The summed E-state index contributed by atoms with van der Waals surface area (Å²) < 4.78 is 51.6. The van der Waals surface area contributed by atoms with Crippen molar-refractivity contribution in [1.29, 1.82) is 0 Å². The number of fused-ring (bicyclic) bond motifs is 1. The molecular formula is C23H19F4N4O2-. The van der Waals surface area contributed by atoms with Crippen molar-refractivity contribution in [2.75, 3.05) is 0 Å². The predicted molar refractivity (Wildman–Crippen MR) is 115 cm³/mol. The first-order valence-corrected chi connectivity index (χ1v) is 9.77. The normalized spacial score (nSPS) is 11.2. The van der Waals surface area contributed by atoms with Gasteiger partial charge in [-0.05, 0) is 55.4 Å². The summed E-state index contributed by atoms with van der Waals surface area (Å²) in [6.45, 7) is 3.43. The SMILES string of the molecule is CCc1cn([NH-])c2ccc(C(F)(F)F)cc12.Cc1nc(-c2cccc(F)c2)ncc1C(=O)O. The van der Waals surface area contributed by atoms with E-state index in [1.807, 2.05) is 6.92 Å². The van der Waals surface area contributed by atoms with Crippen LogP contribution in [-0.4, -0.2) is 25.7 Å². The molecule has 0 spiro atoms. The van der Waals surface area contributed by atoms with Crippen LogP contribution in [0, 0.1) is 12.7 Å². The maximum Gasteiger partial charge on any atom is 0.416 e. The van der Waals surface area contributed by atoms with E-state index in [1.54, 1.807) is 25.3 Å². The van der Waals surface area contributed by atoms with Crippen molar-refractivity contribution in [2.45, 2.75) is 26.4 Å². The molecule has 2 N–H and O–H groups in total. The van der Waals surface area contributed by atoms with E-state index < -0.39 is 17.7 Å². The third-order valence-corrected chi connectivity index (χ3v) is 4.89. The Morgan fingerprint density at radius 1 is 1.18 bits per heavy atom. The molecular weight excluding hydrogens is 440 g/mol. The summed E-state index contributed by atoms with van der Waals surface area (Å²) in [5, 5.41) is 9.34. The zero-order chi connectivity index (χ0) is 24.3. The first-order valence-electron chi connectivity index (χ1n) is 9.77. The Morgan fingerprint density at radius 3 is 2.48 bits per heavy atom. The number of aryl methyl sites for hydroxylation is 2. The minimum Gasteiger partial charge on any atom is -0.631 e. The van der Waals surface area contributed by atoms with Crippen LogP contribution in [0.2, 0.25) is 0 Å². The van der Waals surface area contributed by atoms with Crippen LogP contribution >= 0.6 is 0 Å². The van der Waals surface area contributed by atoms with Crippen LogP contribution < -0.4 is 0 Å². The summed E-state index contributed by atoms with van der Waals surface area (Å²) in [7, 11) is 0. The molecule has 0 amide bonds. The van der Waals surface area contributed by atoms with Gasteiger partial charge in [-0.15, -0.1) is 0 Å². The maximum atomic E-state index is 13.0. The highest BCUT2D eigenvalue weighted by molar-refractivity contribution is 5.88. The van der Waals surface area contributed by atoms with Gasteiger partial charge in [-0.3, -0.25) is 0 Å². The van der Waals surface area contributed by atoms with E-state index in [4.69, 9.17) is 10.9 Å². The van der Waals surface area contributed by atoms with Crippen molar-refractivity contribution >= 4 is 16.9 Å². The third-order valence-electron chi connectivity index (χ3n) is 4.89. The van der Waals surface area contributed by atoms with E-state index in [0.29, 0.717) is 34.4 Å². The topological polar surface area (TPSA) is 91.8 Å². The van der Waals surface area contributed by atoms with Crippen LogP contribution in [0.5, 0.6) is 0 Å². The quantitative estimate of drug-likeness (QED) is 0.363. The predicted octanol–water partition coefficient (Wildman–Crippen LogP) is 6.33. The summed E-state index contributed by atoms with van der Waals surface area (Å²) in [6, 6.07) is 9.29.